The normalized spacial score (nSPS) is 13.8. The van der Waals surface area contributed by atoms with Gasteiger partial charge in [0.25, 0.3) is 5.91 Å². The van der Waals surface area contributed by atoms with Crippen molar-refractivity contribution in [3.05, 3.63) is 126 Å². The van der Waals surface area contributed by atoms with Crippen molar-refractivity contribution in [2.75, 3.05) is 55.6 Å². The Balaban J connectivity index is 1.01. The molecule has 1 amide bonds. The molecule has 5 aromatic rings. The van der Waals surface area contributed by atoms with E-state index in [0.29, 0.717) is 47.0 Å². The number of carbonyl (C=O) groups is 1. The lowest BCUT2D eigenvalue weighted by atomic mass is 10.0. The zero-order chi connectivity index (χ0) is 32.9. The summed E-state index contributed by atoms with van der Waals surface area (Å²) in [7, 11) is 1.57. The highest BCUT2D eigenvalue weighted by molar-refractivity contribution is 6.12. The zero-order valence-electron chi connectivity index (χ0n) is 26.6. The second kappa shape index (κ2) is 14.1. The highest BCUT2D eigenvalue weighted by atomic mass is 19.1. The van der Waals surface area contributed by atoms with Gasteiger partial charge in [0.15, 0.2) is 11.5 Å². The molecule has 0 unspecified atom stereocenters. The average Bonchev–Trinajstić information content (AvgIpc) is 3.26. The molecule has 2 aliphatic rings. The van der Waals surface area contributed by atoms with Crippen LogP contribution in [0, 0.1) is 5.82 Å². The summed E-state index contributed by atoms with van der Waals surface area (Å²) in [4.78, 5) is 15.6. The van der Waals surface area contributed by atoms with E-state index in [9.17, 15) is 9.18 Å². The van der Waals surface area contributed by atoms with Crippen molar-refractivity contribution in [1.29, 1.82) is 0 Å². The second-order valence-electron chi connectivity index (χ2n) is 11.7. The Morgan fingerprint density at radius 3 is 2.38 bits per heavy atom. The number of hydrogen-bond donors (Lipinski definition) is 2. The zero-order valence-corrected chi connectivity index (χ0v) is 26.6. The summed E-state index contributed by atoms with van der Waals surface area (Å²) in [5.41, 5.74) is 7.21. The van der Waals surface area contributed by atoms with Crippen LogP contribution in [0.5, 0.6) is 17.2 Å². The fourth-order valence-electron chi connectivity index (χ4n) is 5.92. The lowest BCUT2D eigenvalue weighted by Gasteiger charge is -2.28. The van der Waals surface area contributed by atoms with Gasteiger partial charge in [-0.25, -0.2) is 4.39 Å². The second-order valence-corrected chi connectivity index (χ2v) is 11.7. The van der Waals surface area contributed by atoms with Gasteiger partial charge in [0, 0.05) is 30.8 Å². The smallest absolute Gasteiger partial charge is 0.257 e. The molecule has 48 heavy (non-hydrogen) atoms. The van der Waals surface area contributed by atoms with Crippen molar-refractivity contribution in [1.82, 2.24) is 0 Å². The minimum atomic E-state index is -0.317. The minimum absolute atomic E-state index is 0.0813. The third kappa shape index (κ3) is 6.91. The van der Waals surface area contributed by atoms with Gasteiger partial charge in [-0.1, -0.05) is 36.4 Å². The Labute approximate surface area is 279 Å². The van der Waals surface area contributed by atoms with Gasteiger partial charge in [0.1, 0.15) is 18.2 Å². The maximum Gasteiger partial charge on any atom is 0.257 e. The Bertz CT molecular complexity index is 1920. The van der Waals surface area contributed by atoms with Gasteiger partial charge in [-0.3, -0.25) is 4.79 Å². The fourth-order valence-corrected chi connectivity index (χ4v) is 5.92. The van der Waals surface area contributed by atoms with Gasteiger partial charge >= 0.3 is 0 Å². The fraction of sp³-hybridized carbons (Fsp3) is 0.205. The van der Waals surface area contributed by atoms with Crippen LogP contribution in [0.15, 0.2) is 103 Å². The highest BCUT2D eigenvalue weighted by Gasteiger charge is 2.21. The van der Waals surface area contributed by atoms with E-state index in [2.05, 4.69) is 27.7 Å². The maximum absolute atomic E-state index is 14.1. The highest BCUT2D eigenvalue weighted by Crippen LogP contribution is 2.38. The van der Waals surface area contributed by atoms with Gasteiger partial charge in [-0.15, -0.1) is 0 Å². The number of benzene rings is 5. The molecule has 2 N–H and O–H groups in total. The average molecular weight is 646 g/mol. The van der Waals surface area contributed by atoms with Gasteiger partial charge in [-0.05, 0) is 83.4 Å². The summed E-state index contributed by atoms with van der Waals surface area (Å²) < 4.78 is 37.0. The predicted octanol–water partition coefficient (Wildman–Crippen LogP) is 7.85. The third-order valence-electron chi connectivity index (χ3n) is 8.58. The predicted molar refractivity (Wildman–Crippen MR) is 186 cm³/mol. The van der Waals surface area contributed by atoms with E-state index in [1.165, 1.54) is 11.8 Å². The number of amides is 1. The van der Waals surface area contributed by atoms with E-state index < -0.39 is 0 Å². The number of nitrogens with one attached hydrogen (secondary N) is 2. The number of fused-ring (bicyclic) bond motifs is 2. The molecule has 8 nitrogen and oxygen atoms in total. The van der Waals surface area contributed by atoms with Crippen LogP contribution < -0.4 is 29.7 Å². The molecular weight excluding hydrogens is 609 g/mol. The molecule has 2 aliphatic heterocycles. The minimum Gasteiger partial charge on any atom is -0.493 e. The van der Waals surface area contributed by atoms with E-state index in [1.54, 1.807) is 25.3 Å². The first-order chi connectivity index (χ1) is 23.5. The largest absolute Gasteiger partial charge is 0.493 e. The van der Waals surface area contributed by atoms with Crippen LogP contribution >= 0.6 is 0 Å². The van der Waals surface area contributed by atoms with Crippen molar-refractivity contribution in [2.45, 2.75) is 13.0 Å². The molecule has 0 radical (unpaired) electrons. The molecule has 0 atom stereocenters. The first kappa shape index (κ1) is 31.1. The quantitative estimate of drug-likeness (QED) is 0.160. The van der Waals surface area contributed by atoms with Crippen LogP contribution in [-0.4, -0.2) is 45.9 Å². The van der Waals surface area contributed by atoms with Crippen molar-refractivity contribution < 1.29 is 28.1 Å². The van der Waals surface area contributed by atoms with Crippen LogP contribution in [0.25, 0.3) is 11.1 Å². The van der Waals surface area contributed by atoms with Crippen molar-refractivity contribution in [3.63, 3.8) is 0 Å². The summed E-state index contributed by atoms with van der Waals surface area (Å²) in [5.74, 6) is 1.35. The van der Waals surface area contributed by atoms with E-state index >= 15 is 0 Å². The van der Waals surface area contributed by atoms with E-state index in [-0.39, 0.29) is 18.3 Å². The Hall–Kier alpha value is -5.54. The third-order valence-corrected chi connectivity index (χ3v) is 8.58. The van der Waals surface area contributed by atoms with Crippen LogP contribution in [0.1, 0.15) is 21.5 Å². The molecular formula is C39H36FN3O5. The van der Waals surface area contributed by atoms with Crippen molar-refractivity contribution in [3.8, 4) is 28.4 Å². The van der Waals surface area contributed by atoms with Gasteiger partial charge in [0.05, 0.1) is 49.6 Å². The summed E-state index contributed by atoms with van der Waals surface area (Å²) in [6, 6.07) is 32.0. The molecule has 7 rings (SSSR count). The lowest BCUT2D eigenvalue weighted by Crippen LogP contribution is -2.36. The van der Waals surface area contributed by atoms with Crippen LogP contribution in [0.2, 0.25) is 0 Å². The number of anilines is 4. The first-order valence-electron chi connectivity index (χ1n) is 16.0. The SMILES string of the molecule is COc1cc(-c2ccc3c(c2)Nc2ccc(CCOc4ccc(N5CCOCC5)cc4)cc2NC3=O)ccc1OCc1ccccc1F. The Morgan fingerprint density at radius 2 is 1.56 bits per heavy atom. The molecule has 2 heterocycles. The number of hydrogen-bond acceptors (Lipinski definition) is 7. The van der Waals surface area contributed by atoms with Gasteiger partial charge < -0.3 is 34.5 Å². The van der Waals surface area contributed by atoms with Crippen LogP contribution in [0.3, 0.4) is 0 Å². The molecule has 244 valence electrons. The van der Waals surface area contributed by atoms with Crippen molar-refractivity contribution >= 4 is 28.7 Å². The van der Waals surface area contributed by atoms with Crippen molar-refractivity contribution in [2.24, 2.45) is 0 Å². The number of methoxy groups -OCH3 is 1. The van der Waals surface area contributed by atoms with Crippen LogP contribution in [-0.2, 0) is 17.8 Å². The number of ether oxygens (including phenoxy) is 4. The van der Waals surface area contributed by atoms with Crippen LogP contribution in [0.4, 0.5) is 27.1 Å². The molecule has 9 heteroatoms. The summed E-state index contributed by atoms with van der Waals surface area (Å²) in [5, 5.41) is 6.51. The van der Waals surface area contributed by atoms with E-state index in [0.717, 1.165) is 54.4 Å². The Morgan fingerprint density at radius 1 is 0.771 bits per heavy atom. The number of rotatable bonds is 10. The number of halogens is 1. The summed E-state index contributed by atoms with van der Waals surface area (Å²) in [6.07, 6.45) is 0.688. The maximum atomic E-state index is 14.1. The lowest BCUT2D eigenvalue weighted by molar-refractivity contribution is 0.102. The van der Waals surface area contributed by atoms with Gasteiger partial charge in [-0.2, -0.15) is 0 Å². The molecule has 0 aliphatic carbocycles. The summed E-state index contributed by atoms with van der Waals surface area (Å²) in [6.45, 7) is 3.90. The molecule has 0 saturated carbocycles. The first-order valence-corrected chi connectivity index (χ1v) is 16.0. The number of nitrogens with zero attached hydrogens (tertiary/aromatic N) is 1. The molecule has 1 fully saturated rings. The summed E-state index contributed by atoms with van der Waals surface area (Å²) >= 11 is 0. The topological polar surface area (TPSA) is 81.3 Å². The molecule has 0 bridgehead atoms. The van der Waals surface area contributed by atoms with E-state index in [1.807, 2.05) is 66.7 Å². The number of morpholine rings is 1. The molecule has 1 saturated heterocycles. The number of carbonyl (C=O) groups excluding carboxylic acids is 1. The monoisotopic (exact) mass is 645 g/mol. The van der Waals surface area contributed by atoms with E-state index in [4.69, 9.17) is 18.9 Å². The molecule has 0 spiro atoms. The molecule has 0 aromatic heterocycles. The van der Waals surface area contributed by atoms with Gasteiger partial charge in [0.2, 0.25) is 0 Å². The molecule has 5 aromatic carbocycles. The Kier molecular flexibility index (Phi) is 9.11. The standard InChI is InChI=1S/C39H36FN3O5/c1-45-38-24-28(8-15-37(38)48-25-29-4-2-3-5-33(29)40)27-7-13-32-35(23-27)41-34-14-6-26(22-36(34)42-39(32)44)16-19-47-31-11-9-30(10-12-31)43-17-20-46-21-18-43/h2-15,22-24,41H,16-21,25H2,1H3,(H,42,44).